The zero-order valence-electron chi connectivity index (χ0n) is 9.13. The number of hydrogen-bond donors (Lipinski definition) is 1. The van der Waals surface area contributed by atoms with Crippen LogP contribution >= 0.6 is 11.3 Å². The molecule has 2 nitrogen and oxygen atoms in total. The molecule has 0 amide bonds. The van der Waals surface area contributed by atoms with Crippen LogP contribution in [0.5, 0.6) is 0 Å². The van der Waals surface area contributed by atoms with Gasteiger partial charge in [0.15, 0.2) is 0 Å². The van der Waals surface area contributed by atoms with E-state index >= 15 is 0 Å². The predicted octanol–water partition coefficient (Wildman–Crippen LogP) is 2.83. The number of nitrogens with one attached hydrogen (secondary N) is 1. The molecule has 1 aromatic heterocycles. The van der Waals surface area contributed by atoms with Gasteiger partial charge >= 0.3 is 0 Å². The predicted molar refractivity (Wildman–Crippen MR) is 60.7 cm³/mol. The summed E-state index contributed by atoms with van der Waals surface area (Å²) in [5, 5.41) is 7.00. The van der Waals surface area contributed by atoms with E-state index in [2.05, 4.69) is 36.5 Å². The fourth-order valence-electron chi connectivity index (χ4n) is 1.77. The first kappa shape index (κ1) is 10.1. The Balaban J connectivity index is 2.06. The minimum absolute atomic E-state index is 0.0456. The number of thiazole rings is 1. The molecular weight excluding hydrogens is 192 g/mol. The number of rotatable bonds is 3. The highest BCUT2D eigenvalue weighted by molar-refractivity contribution is 7.09. The molecule has 3 heteroatoms. The Labute approximate surface area is 89.8 Å². The van der Waals surface area contributed by atoms with Gasteiger partial charge in [-0.2, -0.15) is 0 Å². The lowest BCUT2D eigenvalue weighted by atomic mass is 9.90. The van der Waals surface area contributed by atoms with Crippen LogP contribution in [0.25, 0.3) is 0 Å². The molecule has 0 aromatic carbocycles. The third-order valence-corrected chi connectivity index (χ3v) is 4.11. The van der Waals surface area contributed by atoms with Gasteiger partial charge in [0.25, 0.3) is 0 Å². The molecule has 14 heavy (non-hydrogen) atoms. The van der Waals surface area contributed by atoms with Crippen LogP contribution in [0.15, 0.2) is 5.38 Å². The van der Waals surface area contributed by atoms with Crippen LogP contribution in [0, 0.1) is 6.92 Å². The zero-order chi connectivity index (χ0) is 10.2. The molecule has 78 valence electrons. The first-order chi connectivity index (χ1) is 6.58. The molecular formula is C11H18N2S. The third kappa shape index (κ3) is 1.98. The second-order valence-electron chi connectivity index (χ2n) is 4.69. The van der Waals surface area contributed by atoms with E-state index in [-0.39, 0.29) is 5.54 Å². The van der Waals surface area contributed by atoms with Gasteiger partial charge in [0.05, 0.1) is 5.54 Å². The van der Waals surface area contributed by atoms with Crippen LogP contribution in [-0.2, 0) is 5.54 Å². The fraction of sp³-hybridized carbons (Fsp3) is 0.727. The van der Waals surface area contributed by atoms with E-state index in [1.54, 1.807) is 11.3 Å². The molecule has 2 rings (SSSR count). The maximum absolute atomic E-state index is 4.55. The molecule has 1 N–H and O–H groups in total. The summed E-state index contributed by atoms with van der Waals surface area (Å²) in [4.78, 5) is 4.55. The van der Waals surface area contributed by atoms with Crippen LogP contribution in [0.2, 0.25) is 0 Å². The van der Waals surface area contributed by atoms with E-state index in [0.29, 0.717) is 6.04 Å². The van der Waals surface area contributed by atoms with E-state index in [1.807, 2.05) is 0 Å². The SMILES string of the molecule is Cc1csc(C(C)(C)NC2CCC2)n1. The van der Waals surface area contributed by atoms with Gasteiger partial charge in [-0.25, -0.2) is 4.98 Å². The van der Waals surface area contributed by atoms with Crippen molar-refractivity contribution >= 4 is 11.3 Å². The summed E-state index contributed by atoms with van der Waals surface area (Å²) >= 11 is 1.76. The minimum atomic E-state index is 0.0456. The van der Waals surface area contributed by atoms with E-state index in [0.717, 1.165) is 5.69 Å². The molecule has 0 spiro atoms. The second-order valence-corrected chi connectivity index (χ2v) is 5.55. The van der Waals surface area contributed by atoms with Gasteiger partial charge in [-0.15, -0.1) is 11.3 Å². The smallest absolute Gasteiger partial charge is 0.112 e. The molecule has 1 fully saturated rings. The Morgan fingerprint density at radius 1 is 1.50 bits per heavy atom. The quantitative estimate of drug-likeness (QED) is 0.830. The Morgan fingerprint density at radius 2 is 2.21 bits per heavy atom. The molecule has 1 aliphatic rings. The Bertz CT molecular complexity index is 313. The molecule has 1 saturated carbocycles. The Morgan fingerprint density at radius 3 is 2.64 bits per heavy atom. The summed E-state index contributed by atoms with van der Waals surface area (Å²) in [6.07, 6.45) is 4.03. The number of hydrogen-bond acceptors (Lipinski definition) is 3. The molecule has 0 saturated heterocycles. The van der Waals surface area contributed by atoms with Crippen molar-refractivity contribution in [3.63, 3.8) is 0 Å². The first-order valence-corrected chi connectivity index (χ1v) is 6.16. The lowest BCUT2D eigenvalue weighted by Crippen LogP contribution is -2.46. The van der Waals surface area contributed by atoms with Crippen LogP contribution < -0.4 is 5.32 Å². The average Bonchev–Trinajstić information content (AvgIpc) is 2.45. The fourth-order valence-corrected chi connectivity index (χ4v) is 2.65. The van der Waals surface area contributed by atoms with Gasteiger partial charge in [-0.1, -0.05) is 6.42 Å². The summed E-state index contributed by atoms with van der Waals surface area (Å²) in [7, 11) is 0. The standard InChI is InChI=1S/C11H18N2S/c1-8-7-14-10(12-8)11(2,3)13-9-5-4-6-9/h7,9,13H,4-6H2,1-3H3. The highest BCUT2D eigenvalue weighted by Gasteiger charge is 2.29. The summed E-state index contributed by atoms with van der Waals surface area (Å²) in [6.45, 7) is 6.51. The maximum Gasteiger partial charge on any atom is 0.112 e. The van der Waals surface area contributed by atoms with Crippen molar-refractivity contribution in [1.82, 2.24) is 10.3 Å². The number of aromatic nitrogens is 1. The van der Waals surface area contributed by atoms with Gasteiger partial charge in [-0.05, 0) is 33.6 Å². The third-order valence-electron chi connectivity index (χ3n) is 2.82. The highest BCUT2D eigenvalue weighted by atomic mass is 32.1. The second kappa shape index (κ2) is 3.63. The summed E-state index contributed by atoms with van der Waals surface area (Å²) < 4.78 is 0. The summed E-state index contributed by atoms with van der Waals surface area (Å²) in [5.41, 5.74) is 1.18. The Kier molecular flexibility index (Phi) is 2.62. The molecule has 1 aromatic rings. The molecule has 0 atom stereocenters. The zero-order valence-corrected chi connectivity index (χ0v) is 9.95. The van der Waals surface area contributed by atoms with Crippen molar-refractivity contribution < 1.29 is 0 Å². The van der Waals surface area contributed by atoms with Crippen molar-refractivity contribution in [2.45, 2.75) is 51.6 Å². The number of aryl methyl sites for hydroxylation is 1. The number of nitrogens with zero attached hydrogens (tertiary/aromatic N) is 1. The summed E-state index contributed by atoms with van der Waals surface area (Å²) in [5.74, 6) is 0. The monoisotopic (exact) mass is 210 g/mol. The average molecular weight is 210 g/mol. The van der Waals surface area contributed by atoms with Gasteiger partial charge in [0.2, 0.25) is 0 Å². The topological polar surface area (TPSA) is 24.9 Å². The molecule has 0 aliphatic heterocycles. The molecule has 1 aliphatic carbocycles. The molecule has 0 bridgehead atoms. The van der Waals surface area contributed by atoms with Crippen molar-refractivity contribution in [1.29, 1.82) is 0 Å². The first-order valence-electron chi connectivity index (χ1n) is 5.28. The van der Waals surface area contributed by atoms with E-state index in [9.17, 15) is 0 Å². The van der Waals surface area contributed by atoms with Crippen LogP contribution in [0.1, 0.15) is 43.8 Å². The van der Waals surface area contributed by atoms with Gasteiger partial charge in [0.1, 0.15) is 5.01 Å². The molecule has 0 radical (unpaired) electrons. The van der Waals surface area contributed by atoms with E-state index in [1.165, 1.54) is 24.3 Å². The largest absolute Gasteiger partial charge is 0.303 e. The van der Waals surface area contributed by atoms with Crippen molar-refractivity contribution in [2.24, 2.45) is 0 Å². The minimum Gasteiger partial charge on any atom is -0.303 e. The van der Waals surface area contributed by atoms with Crippen LogP contribution in [0.3, 0.4) is 0 Å². The molecule has 0 unspecified atom stereocenters. The van der Waals surface area contributed by atoms with E-state index in [4.69, 9.17) is 0 Å². The highest BCUT2D eigenvalue weighted by Crippen LogP contribution is 2.28. The van der Waals surface area contributed by atoms with Gasteiger partial charge in [0, 0.05) is 17.1 Å². The van der Waals surface area contributed by atoms with Crippen molar-refractivity contribution in [3.8, 4) is 0 Å². The van der Waals surface area contributed by atoms with Gasteiger partial charge in [-0.3, -0.25) is 0 Å². The normalized spacial score (nSPS) is 18.2. The lowest BCUT2D eigenvalue weighted by Gasteiger charge is -2.35. The van der Waals surface area contributed by atoms with Crippen molar-refractivity contribution in [2.75, 3.05) is 0 Å². The Hall–Kier alpha value is -0.410. The van der Waals surface area contributed by atoms with Crippen LogP contribution in [0.4, 0.5) is 0 Å². The van der Waals surface area contributed by atoms with E-state index < -0.39 is 0 Å². The lowest BCUT2D eigenvalue weighted by molar-refractivity contribution is 0.254. The van der Waals surface area contributed by atoms with Gasteiger partial charge < -0.3 is 5.32 Å². The maximum atomic E-state index is 4.55. The summed E-state index contributed by atoms with van der Waals surface area (Å²) in [6, 6.07) is 0.717. The van der Waals surface area contributed by atoms with Crippen LogP contribution in [-0.4, -0.2) is 11.0 Å². The molecule has 1 heterocycles. The van der Waals surface area contributed by atoms with Crippen molar-refractivity contribution in [3.05, 3.63) is 16.1 Å².